The van der Waals surface area contributed by atoms with E-state index >= 15 is 0 Å². The van der Waals surface area contributed by atoms with Gasteiger partial charge < -0.3 is 30.1 Å². The van der Waals surface area contributed by atoms with Crippen molar-refractivity contribution in [3.05, 3.63) is 59.3 Å². The van der Waals surface area contributed by atoms with E-state index in [1.165, 1.54) is 17.3 Å². The van der Waals surface area contributed by atoms with Gasteiger partial charge in [-0.25, -0.2) is 9.78 Å². The topological polar surface area (TPSA) is 113 Å². The molecule has 0 unspecified atom stereocenters. The van der Waals surface area contributed by atoms with Gasteiger partial charge in [0, 0.05) is 62.9 Å². The molecule has 1 fully saturated rings. The van der Waals surface area contributed by atoms with Gasteiger partial charge in [0.1, 0.15) is 6.10 Å². The van der Waals surface area contributed by atoms with Gasteiger partial charge in [0.15, 0.2) is 0 Å². The molecule has 1 aromatic heterocycles. The number of ether oxygens (including phenoxy) is 2. The molecule has 0 radical (unpaired) electrons. The van der Waals surface area contributed by atoms with Crippen molar-refractivity contribution in [1.29, 1.82) is 0 Å². The number of nitrogens with one attached hydrogen (secondary N) is 2. The Morgan fingerprint density at radius 3 is 2.69 bits per heavy atom. The number of likely N-dealkylation sites (tertiary alicyclic amines) is 1. The van der Waals surface area contributed by atoms with Crippen LogP contribution in [0.15, 0.2) is 42.6 Å². The minimum Gasteiger partial charge on any atom is -0.474 e. The predicted octanol–water partition coefficient (Wildman–Crippen LogP) is 2.27. The van der Waals surface area contributed by atoms with Crippen LogP contribution in [0.4, 0.5) is 4.79 Å². The Bertz CT molecular complexity index is 1020. The molecule has 2 aromatic rings. The highest BCUT2D eigenvalue weighted by Gasteiger charge is 2.27. The number of fused-ring (bicyclic) bond motifs is 1. The molecule has 35 heavy (non-hydrogen) atoms. The number of aromatic nitrogens is 1. The van der Waals surface area contributed by atoms with Gasteiger partial charge in [-0.1, -0.05) is 24.3 Å². The number of aliphatic hydroxyl groups excluding tert-OH is 1. The third-order valence-corrected chi connectivity index (χ3v) is 6.37. The first-order valence-corrected chi connectivity index (χ1v) is 12.2. The number of pyridine rings is 1. The molecule has 2 aliphatic heterocycles. The Hall–Kier alpha value is -3.17. The highest BCUT2D eigenvalue weighted by atomic mass is 16.6. The van der Waals surface area contributed by atoms with Crippen molar-refractivity contribution in [1.82, 2.24) is 20.5 Å². The number of hydrogen-bond acceptors (Lipinski definition) is 7. The zero-order valence-corrected chi connectivity index (χ0v) is 20.3. The normalized spacial score (nSPS) is 19.1. The molecule has 3 N–H and O–H groups in total. The van der Waals surface area contributed by atoms with Crippen LogP contribution in [0.1, 0.15) is 48.2 Å². The lowest BCUT2D eigenvalue weighted by Gasteiger charge is -2.31. The SMILES string of the molecule is CC(C)OC(=O)N1CCC(Oc2cc(C(=O)NC[C@@H](O)[C@@H]3Cc4ccccc4CN3)ccn2)CC1. The lowest BCUT2D eigenvalue weighted by atomic mass is 9.93. The molecular weight excluding hydrogens is 448 g/mol. The fourth-order valence-corrected chi connectivity index (χ4v) is 4.41. The Morgan fingerprint density at radius 1 is 1.20 bits per heavy atom. The number of hydrogen-bond donors (Lipinski definition) is 3. The lowest BCUT2D eigenvalue weighted by molar-refractivity contribution is 0.0506. The van der Waals surface area contributed by atoms with Gasteiger partial charge in [0.2, 0.25) is 5.88 Å². The van der Waals surface area contributed by atoms with Crippen molar-refractivity contribution in [3.8, 4) is 5.88 Å². The highest BCUT2D eigenvalue weighted by Crippen LogP contribution is 2.20. The Labute approximate surface area is 205 Å². The van der Waals surface area contributed by atoms with Gasteiger partial charge in [0.05, 0.1) is 12.2 Å². The van der Waals surface area contributed by atoms with Gasteiger partial charge in [-0.15, -0.1) is 0 Å². The fourth-order valence-electron chi connectivity index (χ4n) is 4.41. The monoisotopic (exact) mass is 482 g/mol. The van der Waals surface area contributed by atoms with Crippen molar-refractivity contribution >= 4 is 12.0 Å². The third kappa shape index (κ3) is 6.70. The second kappa shape index (κ2) is 11.5. The number of carbonyl (C=O) groups is 2. The summed E-state index contributed by atoms with van der Waals surface area (Å²) >= 11 is 0. The first kappa shape index (κ1) is 24.9. The summed E-state index contributed by atoms with van der Waals surface area (Å²) < 4.78 is 11.2. The molecule has 1 saturated heterocycles. The molecule has 3 heterocycles. The minimum absolute atomic E-state index is 0.0917. The summed E-state index contributed by atoms with van der Waals surface area (Å²) in [5.74, 6) is 0.0747. The molecular formula is C26H34N4O5. The van der Waals surface area contributed by atoms with Crippen molar-refractivity contribution in [2.75, 3.05) is 19.6 Å². The number of aliphatic hydroxyl groups is 1. The van der Waals surface area contributed by atoms with E-state index in [0.29, 0.717) is 50.3 Å². The van der Waals surface area contributed by atoms with Crippen LogP contribution < -0.4 is 15.4 Å². The molecule has 4 rings (SSSR count). The molecule has 9 nitrogen and oxygen atoms in total. The summed E-state index contributed by atoms with van der Waals surface area (Å²) in [7, 11) is 0. The minimum atomic E-state index is -0.711. The molecule has 0 spiro atoms. The van der Waals surface area contributed by atoms with E-state index in [9.17, 15) is 14.7 Å². The van der Waals surface area contributed by atoms with Gasteiger partial charge >= 0.3 is 6.09 Å². The Balaban J connectivity index is 1.24. The van der Waals surface area contributed by atoms with Crippen LogP contribution in [0.3, 0.4) is 0 Å². The van der Waals surface area contributed by atoms with E-state index in [1.54, 1.807) is 17.0 Å². The Morgan fingerprint density at radius 2 is 1.94 bits per heavy atom. The third-order valence-electron chi connectivity index (χ3n) is 6.37. The zero-order chi connectivity index (χ0) is 24.8. The van der Waals surface area contributed by atoms with Crippen LogP contribution >= 0.6 is 0 Å². The first-order valence-electron chi connectivity index (χ1n) is 12.2. The second-order valence-corrected chi connectivity index (χ2v) is 9.36. The van der Waals surface area contributed by atoms with Crippen LogP contribution in [0.25, 0.3) is 0 Å². The van der Waals surface area contributed by atoms with E-state index in [-0.39, 0.29) is 36.8 Å². The van der Waals surface area contributed by atoms with Crippen LogP contribution in [0.2, 0.25) is 0 Å². The van der Waals surface area contributed by atoms with E-state index in [4.69, 9.17) is 9.47 Å². The van der Waals surface area contributed by atoms with Crippen molar-refractivity contribution < 1.29 is 24.2 Å². The summed E-state index contributed by atoms with van der Waals surface area (Å²) in [6, 6.07) is 11.3. The molecule has 0 saturated carbocycles. The number of piperidine rings is 1. The lowest BCUT2D eigenvalue weighted by Crippen LogP contribution is -2.49. The predicted molar refractivity (Wildman–Crippen MR) is 130 cm³/mol. The highest BCUT2D eigenvalue weighted by molar-refractivity contribution is 5.94. The summed E-state index contributed by atoms with van der Waals surface area (Å²) in [4.78, 5) is 30.7. The molecule has 0 bridgehead atoms. The number of nitrogens with zero attached hydrogens (tertiary/aromatic N) is 2. The molecule has 2 amide bonds. The van der Waals surface area contributed by atoms with Gasteiger partial charge in [-0.3, -0.25) is 4.79 Å². The second-order valence-electron chi connectivity index (χ2n) is 9.36. The van der Waals surface area contributed by atoms with E-state index in [0.717, 1.165) is 0 Å². The molecule has 0 aliphatic carbocycles. The molecule has 188 valence electrons. The summed E-state index contributed by atoms with van der Waals surface area (Å²) in [6.07, 6.45) is 2.33. The molecule has 1 aromatic carbocycles. The summed E-state index contributed by atoms with van der Waals surface area (Å²) in [6.45, 7) is 5.60. The van der Waals surface area contributed by atoms with Gasteiger partial charge in [-0.05, 0) is 37.5 Å². The van der Waals surface area contributed by atoms with Crippen molar-refractivity contribution in [3.63, 3.8) is 0 Å². The maximum absolute atomic E-state index is 12.7. The van der Waals surface area contributed by atoms with E-state index in [2.05, 4.69) is 27.8 Å². The molecule has 9 heteroatoms. The summed E-state index contributed by atoms with van der Waals surface area (Å²) in [5, 5.41) is 16.8. The van der Waals surface area contributed by atoms with Crippen LogP contribution in [-0.4, -0.2) is 71.0 Å². The van der Waals surface area contributed by atoms with Crippen LogP contribution in [-0.2, 0) is 17.7 Å². The van der Waals surface area contributed by atoms with Gasteiger partial charge in [-0.2, -0.15) is 0 Å². The molecule has 2 atom stereocenters. The van der Waals surface area contributed by atoms with Gasteiger partial charge in [0.25, 0.3) is 5.91 Å². The number of amides is 2. The van der Waals surface area contributed by atoms with Crippen LogP contribution in [0, 0.1) is 0 Å². The number of rotatable bonds is 7. The quantitative estimate of drug-likeness (QED) is 0.555. The zero-order valence-electron chi connectivity index (χ0n) is 20.3. The summed E-state index contributed by atoms with van der Waals surface area (Å²) in [5.41, 5.74) is 2.88. The fraction of sp³-hybridized carbons (Fsp3) is 0.500. The first-order chi connectivity index (χ1) is 16.9. The average molecular weight is 483 g/mol. The van der Waals surface area contributed by atoms with Crippen molar-refractivity contribution in [2.45, 2.75) is 64.0 Å². The standard InChI is InChI=1S/C26H34N4O5/c1-17(2)34-26(33)30-11-8-21(9-12-30)35-24-14-19(7-10-27-24)25(32)29-16-23(31)22-13-18-5-3-4-6-20(18)15-28-22/h3-7,10,14,17,21-23,28,31H,8-9,11-13,15-16H2,1-2H3,(H,29,32)/t22-,23+/m0/s1. The Kier molecular flexibility index (Phi) is 8.20. The average Bonchev–Trinajstić information content (AvgIpc) is 2.87. The van der Waals surface area contributed by atoms with Crippen molar-refractivity contribution in [2.24, 2.45) is 0 Å². The maximum Gasteiger partial charge on any atom is 0.410 e. The van der Waals surface area contributed by atoms with E-state index < -0.39 is 6.10 Å². The maximum atomic E-state index is 12.7. The smallest absolute Gasteiger partial charge is 0.410 e. The number of benzene rings is 1. The van der Waals surface area contributed by atoms with Crippen LogP contribution in [0.5, 0.6) is 5.88 Å². The van der Waals surface area contributed by atoms with E-state index in [1.807, 2.05) is 26.0 Å². The largest absolute Gasteiger partial charge is 0.474 e. The number of carbonyl (C=O) groups excluding carboxylic acids is 2. The molecule has 2 aliphatic rings.